The van der Waals surface area contributed by atoms with Gasteiger partial charge in [-0.2, -0.15) is 0 Å². The van der Waals surface area contributed by atoms with Gasteiger partial charge in [0.05, 0.1) is 0 Å². The highest BCUT2D eigenvalue weighted by Crippen LogP contribution is 2.27. The van der Waals surface area contributed by atoms with Crippen molar-refractivity contribution in [2.24, 2.45) is 11.8 Å². The fourth-order valence-corrected chi connectivity index (χ4v) is 2.29. The molecule has 0 saturated heterocycles. The summed E-state index contributed by atoms with van der Waals surface area (Å²) < 4.78 is 0. The summed E-state index contributed by atoms with van der Waals surface area (Å²) >= 11 is 0. The van der Waals surface area contributed by atoms with E-state index in [1.165, 1.54) is 38.5 Å². The first-order valence-corrected chi connectivity index (χ1v) is 5.79. The van der Waals surface area contributed by atoms with Crippen LogP contribution in [-0.2, 0) is 0 Å². The molecule has 0 aliphatic carbocycles. The first kappa shape index (κ1) is 19.6. The summed E-state index contributed by atoms with van der Waals surface area (Å²) in [5.74, 6) is 2.00. The molecular weight excluding hydrogens is 168 g/mol. The molecule has 0 heteroatoms. The van der Waals surface area contributed by atoms with Gasteiger partial charge in [0, 0.05) is 0 Å². The molecule has 90 valence electrons. The third-order valence-electron chi connectivity index (χ3n) is 3.03. The Kier molecular flexibility index (Phi) is 18.2. The van der Waals surface area contributed by atoms with Crippen molar-refractivity contribution >= 4 is 0 Å². The lowest BCUT2D eigenvalue weighted by atomic mass is 9.82. The first-order valence-electron chi connectivity index (χ1n) is 5.79. The van der Waals surface area contributed by atoms with Gasteiger partial charge in [0.25, 0.3) is 0 Å². The predicted octanol–water partition coefficient (Wildman–Crippen LogP) is 5.91. The van der Waals surface area contributed by atoms with Crippen LogP contribution in [0, 0.1) is 11.8 Å². The van der Waals surface area contributed by atoms with Crippen LogP contribution >= 0.6 is 0 Å². The van der Waals surface area contributed by atoms with Gasteiger partial charge in [0.2, 0.25) is 0 Å². The maximum atomic E-state index is 2.35. The minimum absolute atomic E-state index is 0. The zero-order valence-corrected chi connectivity index (χ0v) is 9.40. The Morgan fingerprint density at radius 2 is 0.929 bits per heavy atom. The van der Waals surface area contributed by atoms with E-state index in [-0.39, 0.29) is 14.9 Å². The molecule has 0 bridgehead atoms. The van der Waals surface area contributed by atoms with E-state index in [4.69, 9.17) is 0 Å². The van der Waals surface area contributed by atoms with E-state index in [0.717, 1.165) is 11.8 Å². The van der Waals surface area contributed by atoms with E-state index in [1.54, 1.807) is 0 Å². The van der Waals surface area contributed by atoms with Crippen molar-refractivity contribution in [3.63, 3.8) is 0 Å². The Morgan fingerprint density at radius 1 is 0.643 bits per heavy atom. The van der Waals surface area contributed by atoms with Crippen LogP contribution in [0.25, 0.3) is 0 Å². The van der Waals surface area contributed by atoms with Gasteiger partial charge in [-0.05, 0) is 11.8 Å². The largest absolute Gasteiger partial charge is 0.0776 e. The molecule has 0 aromatic heterocycles. The molecule has 0 nitrogen and oxygen atoms in total. The third kappa shape index (κ3) is 7.41. The Hall–Kier alpha value is 0. The van der Waals surface area contributed by atoms with Crippen LogP contribution in [0.15, 0.2) is 0 Å². The van der Waals surface area contributed by atoms with Crippen LogP contribution in [0.1, 0.15) is 81.1 Å². The number of rotatable bonds is 7. The van der Waals surface area contributed by atoms with Gasteiger partial charge in [-0.3, -0.25) is 0 Å². The molecular formula is C14H34. The van der Waals surface area contributed by atoms with Crippen LogP contribution in [0.5, 0.6) is 0 Å². The molecule has 0 spiro atoms. The van der Waals surface area contributed by atoms with E-state index >= 15 is 0 Å². The average Bonchev–Trinajstić information content (AvgIpc) is 2.11. The minimum atomic E-state index is 0. The Balaban J connectivity index is -0.000000605. The van der Waals surface area contributed by atoms with Gasteiger partial charge in [0.1, 0.15) is 0 Å². The Morgan fingerprint density at radius 3 is 1.07 bits per heavy atom. The summed E-state index contributed by atoms with van der Waals surface area (Å²) in [6.07, 6.45) is 8.36. The lowest BCUT2D eigenvalue weighted by molar-refractivity contribution is 0.274. The molecule has 0 saturated carbocycles. The molecule has 0 heterocycles. The molecule has 0 amide bonds. The Bertz CT molecular complexity index is 74.0. The van der Waals surface area contributed by atoms with Crippen molar-refractivity contribution in [1.82, 2.24) is 0 Å². The van der Waals surface area contributed by atoms with Gasteiger partial charge < -0.3 is 0 Å². The molecule has 0 aliphatic rings. The van der Waals surface area contributed by atoms with Crippen LogP contribution in [0.3, 0.4) is 0 Å². The quantitative estimate of drug-likeness (QED) is 0.481. The van der Waals surface area contributed by atoms with Crippen molar-refractivity contribution < 1.29 is 0 Å². The summed E-state index contributed by atoms with van der Waals surface area (Å²) in [6.45, 7) is 9.31. The van der Waals surface area contributed by atoms with E-state index in [9.17, 15) is 0 Å². The van der Waals surface area contributed by atoms with Crippen LogP contribution < -0.4 is 0 Å². The summed E-state index contributed by atoms with van der Waals surface area (Å²) in [6, 6.07) is 0. The monoisotopic (exact) mass is 202 g/mol. The second kappa shape index (κ2) is 13.0. The van der Waals surface area contributed by atoms with Crippen LogP contribution in [-0.4, -0.2) is 0 Å². The fourth-order valence-electron chi connectivity index (χ4n) is 2.29. The normalized spacial score (nSPS) is 13.7. The van der Waals surface area contributed by atoms with Crippen molar-refractivity contribution in [2.75, 3.05) is 0 Å². The molecule has 2 atom stereocenters. The van der Waals surface area contributed by atoms with E-state index in [1.807, 2.05) is 0 Å². The van der Waals surface area contributed by atoms with E-state index in [2.05, 4.69) is 27.7 Å². The molecule has 14 heavy (non-hydrogen) atoms. The van der Waals surface area contributed by atoms with Crippen LogP contribution in [0.4, 0.5) is 0 Å². The lowest BCUT2D eigenvalue weighted by Crippen LogP contribution is -2.13. The zero-order valence-electron chi connectivity index (χ0n) is 9.40. The summed E-state index contributed by atoms with van der Waals surface area (Å²) in [5, 5.41) is 0. The minimum Gasteiger partial charge on any atom is -0.0776 e. The second-order valence-corrected chi connectivity index (χ2v) is 3.91. The molecule has 2 unspecified atom stereocenters. The van der Waals surface area contributed by atoms with Crippen molar-refractivity contribution in [3.8, 4) is 0 Å². The molecule has 0 radical (unpaired) electrons. The highest BCUT2D eigenvalue weighted by atomic mass is 14.2. The average molecular weight is 202 g/mol. The van der Waals surface area contributed by atoms with Gasteiger partial charge in [0.15, 0.2) is 0 Å². The molecule has 0 aliphatic heterocycles. The third-order valence-corrected chi connectivity index (χ3v) is 3.03. The summed E-state index contributed by atoms with van der Waals surface area (Å²) in [7, 11) is 0. The maximum absolute atomic E-state index is 2.35. The standard InChI is InChI=1S/C12H26.2CH4/c1-5-9-11(7-3)12(8-4)10-6-2;;/h11-12H,5-10H2,1-4H3;2*1H4. The summed E-state index contributed by atoms with van der Waals surface area (Å²) in [4.78, 5) is 0. The topological polar surface area (TPSA) is 0 Å². The van der Waals surface area contributed by atoms with Crippen molar-refractivity contribution in [3.05, 3.63) is 0 Å². The Labute approximate surface area is 93.5 Å². The van der Waals surface area contributed by atoms with Crippen molar-refractivity contribution in [1.29, 1.82) is 0 Å². The van der Waals surface area contributed by atoms with Gasteiger partial charge >= 0.3 is 0 Å². The lowest BCUT2D eigenvalue weighted by Gasteiger charge is -2.24. The molecule has 0 fully saturated rings. The predicted molar refractivity (Wildman–Crippen MR) is 70.8 cm³/mol. The SMILES string of the molecule is C.C.CCCC(CC)C(CC)CCC. The fraction of sp³-hybridized carbons (Fsp3) is 1.00. The number of hydrogen-bond acceptors (Lipinski definition) is 0. The second-order valence-electron chi connectivity index (χ2n) is 3.91. The summed E-state index contributed by atoms with van der Waals surface area (Å²) in [5.41, 5.74) is 0. The van der Waals surface area contributed by atoms with Crippen LogP contribution in [0.2, 0.25) is 0 Å². The smallest absolute Gasteiger partial charge is 0.0389 e. The van der Waals surface area contributed by atoms with Crippen molar-refractivity contribution in [2.45, 2.75) is 81.1 Å². The molecule has 0 aromatic rings. The number of hydrogen-bond donors (Lipinski definition) is 0. The zero-order chi connectivity index (χ0) is 9.40. The molecule has 0 aromatic carbocycles. The molecule has 0 N–H and O–H groups in total. The maximum Gasteiger partial charge on any atom is -0.0389 e. The highest BCUT2D eigenvalue weighted by molar-refractivity contribution is 4.67. The van der Waals surface area contributed by atoms with E-state index < -0.39 is 0 Å². The van der Waals surface area contributed by atoms with Gasteiger partial charge in [-0.25, -0.2) is 0 Å². The van der Waals surface area contributed by atoms with E-state index in [0.29, 0.717) is 0 Å². The van der Waals surface area contributed by atoms with Gasteiger partial charge in [-0.15, -0.1) is 0 Å². The highest BCUT2D eigenvalue weighted by Gasteiger charge is 2.15. The first-order chi connectivity index (χ1) is 5.79. The molecule has 0 rings (SSSR count). The van der Waals surface area contributed by atoms with Gasteiger partial charge in [-0.1, -0.05) is 81.1 Å².